The van der Waals surface area contributed by atoms with E-state index in [1.54, 1.807) is 0 Å². The number of benzene rings is 1. The zero-order valence-electron chi connectivity index (χ0n) is 11.6. The number of piperidine rings is 1. The third-order valence-electron chi connectivity index (χ3n) is 3.68. The Morgan fingerprint density at radius 1 is 1.32 bits per heavy atom. The fourth-order valence-electron chi connectivity index (χ4n) is 2.64. The van der Waals surface area contributed by atoms with Crippen LogP contribution in [0.4, 0.5) is 13.2 Å². The van der Waals surface area contributed by atoms with E-state index in [4.69, 9.17) is 17.3 Å². The number of hydrogen-bond donors (Lipinski definition) is 1. The Labute approximate surface area is 132 Å². The molecular weight excluding hydrogens is 341 g/mol. The van der Waals surface area contributed by atoms with Crippen LogP contribution in [-0.4, -0.2) is 31.9 Å². The van der Waals surface area contributed by atoms with Crippen LogP contribution in [0, 0.1) is 0 Å². The predicted molar refractivity (Wildman–Crippen MR) is 77.0 cm³/mol. The zero-order valence-corrected chi connectivity index (χ0v) is 13.2. The van der Waals surface area contributed by atoms with Gasteiger partial charge in [0.15, 0.2) is 0 Å². The third-order valence-corrected chi connectivity index (χ3v) is 6.17. The Bertz CT molecular complexity index is 649. The summed E-state index contributed by atoms with van der Waals surface area (Å²) in [7, 11) is -4.37. The SMILES string of the molecule is NCC1CCCCN1S(=O)(=O)c1c(Cl)cccc1C(F)(F)F. The molecule has 1 aromatic rings. The number of sulfonamides is 1. The van der Waals surface area contributed by atoms with Gasteiger partial charge in [0.1, 0.15) is 4.90 Å². The number of halogens is 4. The van der Waals surface area contributed by atoms with E-state index in [0.717, 1.165) is 28.9 Å². The number of alkyl halides is 3. The minimum atomic E-state index is -4.80. The van der Waals surface area contributed by atoms with Crippen LogP contribution < -0.4 is 5.73 Å². The normalized spacial score (nSPS) is 21.0. The van der Waals surface area contributed by atoms with Gasteiger partial charge in [-0.1, -0.05) is 24.1 Å². The Morgan fingerprint density at radius 2 is 2.00 bits per heavy atom. The molecular formula is C13H16ClF3N2O2S. The van der Waals surface area contributed by atoms with Gasteiger partial charge in [-0.2, -0.15) is 17.5 Å². The fraction of sp³-hybridized carbons (Fsp3) is 0.538. The molecule has 0 spiro atoms. The van der Waals surface area contributed by atoms with Gasteiger partial charge >= 0.3 is 6.18 Å². The van der Waals surface area contributed by atoms with E-state index in [-0.39, 0.29) is 13.1 Å². The van der Waals surface area contributed by atoms with Gasteiger partial charge in [0.2, 0.25) is 10.0 Å². The lowest BCUT2D eigenvalue weighted by atomic mass is 10.1. The highest BCUT2D eigenvalue weighted by atomic mass is 35.5. The molecule has 0 bridgehead atoms. The molecule has 0 aromatic heterocycles. The molecule has 1 atom stereocenters. The van der Waals surface area contributed by atoms with Crippen molar-refractivity contribution in [2.45, 2.75) is 36.4 Å². The smallest absolute Gasteiger partial charge is 0.329 e. The summed E-state index contributed by atoms with van der Waals surface area (Å²) >= 11 is 5.79. The van der Waals surface area contributed by atoms with Crippen LogP contribution in [0.5, 0.6) is 0 Å². The maximum atomic E-state index is 13.1. The second-order valence-corrected chi connectivity index (χ2v) is 7.35. The van der Waals surface area contributed by atoms with Crippen molar-refractivity contribution in [3.8, 4) is 0 Å². The molecule has 0 aliphatic carbocycles. The molecule has 1 unspecified atom stereocenters. The van der Waals surface area contributed by atoms with Gasteiger partial charge in [-0.3, -0.25) is 0 Å². The minimum absolute atomic E-state index is 0.0605. The Kier molecular flexibility index (Phi) is 5.06. The van der Waals surface area contributed by atoms with E-state index < -0.39 is 37.7 Å². The first-order valence-electron chi connectivity index (χ1n) is 6.77. The molecule has 1 heterocycles. The van der Waals surface area contributed by atoms with E-state index in [9.17, 15) is 21.6 Å². The molecule has 4 nitrogen and oxygen atoms in total. The van der Waals surface area contributed by atoms with E-state index >= 15 is 0 Å². The second-order valence-electron chi connectivity index (χ2n) is 5.12. The summed E-state index contributed by atoms with van der Waals surface area (Å²) in [6.07, 6.45) is -2.90. The Morgan fingerprint density at radius 3 is 2.59 bits per heavy atom. The summed E-state index contributed by atoms with van der Waals surface area (Å²) in [5, 5.41) is -0.434. The Hall–Kier alpha value is -0.830. The number of nitrogens with zero attached hydrogens (tertiary/aromatic N) is 1. The van der Waals surface area contributed by atoms with Crippen LogP contribution in [0.1, 0.15) is 24.8 Å². The van der Waals surface area contributed by atoms with E-state index in [1.165, 1.54) is 0 Å². The first-order chi connectivity index (χ1) is 10.2. The maximum absolute atomic E-state index is 13.1. The van der Waals surface area contributed by atoms with Crippen LogP contribution in [-0.2, 0) is 16.2 Å². The molecule has 1 aromatic carbocycles. The van der Waals surface area contributed by atoms with Crippen molar-refractivity contribution < 1.29 is 21.6 Å². The number of hydrogen-bond acceptors (Lipinski definition) is 3. The van der Waals surface area contributed by atoms with Crippen molar-refractivity contribution in [1.29, 1.82) is 0 Å². The molecule has 1 aliphatic rings. The van der Waals surface area contributed by atoms with Crippen molar-refractivity contribution in [2.24, 2.45) is 5.73 Å². The minimum Gasteiger partial charge on any atom is -0.329 e. The zero-order chi connectivity index (χ0) is 16.5. The predicted octanol–water partition coefficient (Wildman–Crippen LogP) is 2.86. The van der Waals surface area contributed by atoms with Crippen LogP contribution in [0.3, 0.4) is 0 Å². The molecule has 2 rings (SSSR count). The van der Waals surface area contributed by atoms with Gasteiger partial charge in [-0.15, -0.1) is 0 Å². The largest absolute Gasteiger partial charge is 0.417 e. The van der Waals surface area contributed by atoms with E-state index in [0.29, 0.717) is 12.8 Å². The molecule has 1 aliphatic heterocycles. The lowest BCUT2D eigenvalue weighted by Gasteiger charge is -2.34. The molecule has 0 saturated carbocycles. The van der Waals surface area contributed by atoms with E-state index in [2.05, 4.69) is 0 Å². The monoisotopic (exact) mass is 356 g/mol. The maximum Gasteiger partial charge on any atom is 0.417 e. The van der Waals surface area contributed by atoms with Crippen LogP contribution in [0.15, 0.2) is 23.1 Å². The van der Waals surface area contributed by atoms with E-state index in [1.807, 2.05) is 0 Å². The summed E-state index contributed by atoms with van der Waals surface area (Å²) in [4.78, 5) is -0.885. The van der Waals surface area contributed by atoms with Gasteiger partial charge in [-0.05, 0) is 25.0 Å². The first-order valence-corrected chi connectivity index (χ1v) is 8.59. The second kappa shape index (κ2) is 6.35. The summed E-state index contributed by atoms with van der Waals surface area (Å²) in [5.74, 6) is 0. The van der Waals surface area contributed by atoms with Crippen LogP contribution >= 0.6 is 11.6 Å². The van der Waals surface area contributed by atoms with Crippen molar-refractivity contribution in [2.75, 3.05) is 13.1 Å². The molecule has 22 heavy (non-hydrogen) atoms. The lowest BCUT2D eigenvalue weighted by Crippen LogP contribution is -2.47. The fourth-order valence-corrected chi connectivity index (χ4v) is 5.07. The highest BCUT2D eigenvalue weighted by Crippen LogP contribution is 2.39. The third kappa shape index (κ3) is 3.24. The van der Waals surface area contributed by atoms with Gasteiger partial charge in [0, 0.05) is 19.1 Å². The summed E-state index contributed by atoms with van der Waals surface area (Å²) in [6, 6.07) is 2.45. The van der Waals surface area contributed by atoms with Crippen molar-refractivity contribution >= 4 is 21.6 Å². The van der Waals surface area contributed by atoms with Gasteiger partial charge < -0.3 is 5.73 Å². The highest BCUT2D eigenvalue weighted by molar-refractivity contribution is 7.89. The van der Waals surface area contributed by atoms with Crippen LogP contribution in [0.2, 0.25) is 5.02 Å². The average Bonchev–Trinajstić information content (AvgIpc) is 2.45. The molecule has 2 N–H and O–H groups in total. The summed E-state index contributed by atoms with van der Waals surface area (Å²) < 4.78 is 65.9. The average molecular weight is 357 g/mol. The lowest BCUT2D eigenvalue weighted by molar-refractivity contribution is -0.139. The molecule has 0 radical (unpaired) electrons. The molecule has 124 valence electrons. The highest BCUT2D eigenvalue weighted by Gasteiger charge is 2.42. The van der Waals surface area contributed by atoms with Gasteiger partial charge in [-0.25, -0.2) is 8.42 Å². The van der Waals surface area contributed by atoms with Crippen molar-refractivity contribution in [1.82, 2.24) is 4.31 Å². The topological polar surface area (TPSA) is 63.4 Å². The van der Waals surface area contributed by atoms with Crippen molar-refractivity contribution in [3.05, 3.63) is 28.8 Å². The van der Waals surface area contributed by atoms with Crippen LogP contribution in [0.25, 0.3) is 0 Å². The first kappa shape index (κ1) is 17.5. The Balaban J connectivity index is 2.59. The van der Waals surface area contributed by atoms with Crippen molar-refractivity contribution in [3.63, 3.8) is 0 Å². The number of nitrogens with two attached hydrogens (primary N) is 1. The molecule has 1 saturated heterocycles. The summed E-state index contributed by atoms with van der Waals surface area (Å²) in [6.45, 7) is 0.206. The quantitative estimate of drug-likeness (QED) is 0.905. The molecule has 0 amide bonds. The molecule has 9 heteroatoms. The van der Waals surface area contributed by atoms with Gasteiger partial charge in [0.05, 0.1) is 10.6 Å². The number of rotatable bonds is 3. The van der Waals surface area contributed by atoms with Gasteiger partial charge in [0.25, 0.3) is 0 Å². The molecule has 1 fully saturated rings. The summed E-state index contributed by atoms with van der Waals surface area (Å²) in [5.41, 5.74) is 4.32. The standard InChI is InChI=1S/C13H16ClF3N2O2S/c14-11-6-3-5-10(13(15,16)17)12(11)22(20,21)19-7-2-1-4-9(19)8-18/h3,5-6,9H,1-2,4,7-8,18H2.